The number of carbonyl (C=O) groups excluding carboxylic acids is 1. The molecule has 0 radical (unpaired) electrons. The average Bonchev–Trinajstić information content (AvgIpc) is 2.77. The third-order valence-corrected chi connectivity index (χ3v) is 6.66. The molecule has 1 aliphatic carbocycles. The van der Waals surface area contributed by atoms with E-state index in [4.69, 9.17) is 9.47 Å². The van der Waals surface area contributed by atoms with Crippen LogP contribution >= 0.6 is 0 Å². The first-order valence-corrected chi connectivity index (χ1v) is 10.5. The first kappa shape index (κ1) is 20.7. The molecule has 5 nitrogen and oxygen atoms in total. The number of halogens is 1. The molecule has 1 heterocycles. The summed E-state index contributed by atoms with van der Waals surface area (Å²) in [4.78, 5) is 15.2. The lowest BCUT2D eigenvalue weighted by Crippen LogP contribution is -2.56. The van der Waals surface area contributed by atoms with E-state index in [0.717, 1.165) is 31.2 Å². The minimum Gasteiger partial charge on any atom is -0.497 e. The van der Waals surface area contributed by atoms with Crippen LogP contribution in [0.2, 0.25) is 0 Å². The Morgan fingerprint density at radius 1 is 1.13 bits per heavy atom. The SMILES string of the molecule is COc1ccc(OC)c([C@H]2[C@H]3CCCC[C@]3(O)CCN2C(=O)c2cccc(F)c2)c1. The number of fused-ring (bicyclic) bond motifs is 1. The van der Waals surface area contributed by atoms with Gasteiger partial charge >= 0.3 is 0 Å². The molecular formula is C24H28FNO4. The molecule has 3 atom stereocenters. The van der Waals surface area contributed by atoms with Crippen LogP contribution in [0.1, 0.15) is 54.1 Å². The van der Waals surface area contributed by atoms with Crippen LogP contribution in [0.5, 0.6) is 11.5 Å². The minimum atomic E-state index is -0.824. The zero-order valence-electron chi connectivity index (χ0n) is 17.4. The predicted octanol–water partition coefficient (Wildman–Crippen LogP) is 4.35. The van der Waals surface area contributed by atoms with Crippen LogP contribution in [0.4, 0.5) is 4.39 Å². The van der Waals surface area contributed by atoms with Gasteiger partial charge in [-0.25, -0.2) is 4.39 Å². The fourth-order valence-electron chi connectivity index (χ4n) is 5.15. The van der Waals surface area contributed by atoms with Crippen LogP contribution in [-0.2, 0) is 0 Å². The van der Waals surface area contributed by atoms with Gasteiger partial charge in [0.2, 0.25) is 0 Å². The summed E-state index contributed by atoms with van der Waals surface area (Å²) < 4.78 is 24.9. The fourth-order valence-corrected chi connectivity index (χ4v) is 5.15. The van der Waals surface area contributed by atoms with E-state index in [-0.39, 0.29) is 17.9 Å². The standard InChI is InChI=1S/C24H28FNO4/c1-29-18-9-10-21(30-2)19(15-18)22-20-8-3-4-11-24(20,28)12-13-26(22)23(27)16-6-5-7-17(25)14-16/h5-7,9-10,14-15,20,22,28H,3-4,8,11-13H2,1-2H3/t20-,22+,24+/m1/s1. The van der Waals surface area contributed by atoms with Crippen molar-refractivity contribution in [2.45, 2.75) is 43.7 Å². The number of benzene rings is 2. The third-order valence-electron chi connectivity index (χ3n) is 6.66. The maximum absolute atomic E-state index is 13.8. The number of piperidine rings is 1. The van der Waals surface area contributed by atoms with Crippen molar-refractivity contribution in [1.82, 2.24) is 4.90 Å². The van der Waals surface area contributed by atoms with Crippen LogP contribution in [0.15, 0.2) is 42.5 Å². The van der Waals surface area contributed by atoms with Gasteiger partial charge in [-0.15, -0.1) is 0 Å². The average molecular weight is 413 g/mol. The van der Waals surface area contributed by atoms with E-state index in [1.54, 1.807) is 31.3 Å². The van der Waals surface area contributed by atoms with Gasteiger partial charge in [-0.05, 0) is 55.7 Å². The molecule has 2 aromatic rings. The van der Waals surface area contributed by atoms with E-state index >= 15 is 0 Å². The molecule has 0 unspecified atom stereocenters. The molecule has 1 aliphatic heterocycles. The summed E-state index contributed by atoms with van der Waals surface area (Å²) in [5.41, 5.74) is 0.296. The number of methoxy groups -OCH3 is 2. The number of aliphatic hydroxyl groups is 1. The molecule has 0 aromatic heterocycles. The Bertz CT molecular complexity index is 933. The van der Waals surface area contributed by atoms with Gasteiger partial charge in [-0.2, -0.15) is 0 Å². The third kappa shape index (κ3) is 3.65. The van der Waals surface area contributed by atoms with Gasteiger partial charge in [0, 0.05) is 23.6 Å². The number of hydrogen-bond acceptors (Lipinski definition) is 4. The van der Waals surface area contributed by atoms with Crippen molar-refractivity contribution < 1.29 is 23.8 Å². The van der Waals surface area contributed by atoms with Crippen molar-refractivity contribution in [2.24, 2.45) is 5.92 Å². The van der Waals surface area contributed by atoms with E-state index in [0.29, 0.717) is 30.0 Å². The molecule has 2 aromatic carbocycles. The van der Waals surface area contributed by atoms with E-state index in [2.05, 4.69) is 0 Å². The Hall–Kier alpha value is -2.60. The highest BCUT2D eigenvalue weighted by molar-refractivity contribution is 5.94. The molecule has 0 spiro atoms. The summed E-state index contributed by atoms with van der Waals surface area (Å²) in [5, 5.41) is 11.5. The second-order valence-corrected chi connectivity index (χ2v) is 8.27. The van der Waals surface area contributed by atoms with Crippen molar-refractivity contribution in [3.8, 4) is 11.5 Å². The summed E-state index contributed by atoms with van der Waals surface area (Å²) in [7, 11) is 3.19. The smallest absolute Gasteiger partial charge is 0.254 e. The number of hydrogen-bond donors (Lipinski definition) is 1. The van der Waals surface area contributed by atoms with Crippen molar-refractivity contribution in [1.29, 1.82) is 0 Å². The number of carbonyl (C=O) groups is 1. The molecule has 1 saturated carbocycles. The predicted molar refractivity (Wildman–Crippen MR) is 111 cm³/mol. The van der Waals surface area contributed by atoms with Crippen molar-refractivity contribution in [3.05, 3.63) is 59.4 Å². The first-order chi connectivity index (χ1) is 14.5. The summed E-state index contributed by atoms with van der Waals surface area (Å²) in [6, 6.07) is 10.9. The molecule has 0 bridgehead atoms. The lowest BCUT2D eigenvalue weighted by molar-refractivity contribution is -0.115. The van der Waals surface area contributed by atoms with Gasteiger partial charge in [-0.1, -0.05) is 18.9 Å². The van der Waals surface area contributed by atoms with Crippen LogP contribution in [-0.4, -0.2) is 42.3 Å². The number of likely N-dealkylation sites (tertiary alicyclic amines) is 1. The molecule has 30 heavy (non-hydrogen) atoms. The molecule has 4 rings (SSSR count). The highest BCUT2D eigenvalue weighted by Crippen LogP contribution is 2.51. The summed E-state index contributed by atoms with van der Waals surface area (Å²) in [6.07, 6.45) is 4.03. The quantitative estimate of drug-likeness (QED) is 0.810. The molecule has 2 fully saturated rings. The Kier molecular flexibility index (Phi) is 5.69. The Labute approximate surface area is 176 Å². The maximum Gasteiger partial charge on any atom is 0.254 e. The van der Waals surface area contributed by atoms with Crippen molar-refractivity contribution in [2.75, 3.05) is 20.8 Å². The molecule has 2 aliphatic rings. The molecule has 1 N–H and O–H groups in total. The highest BCUT2D eigenvalue weighted by atomic mass is 19.1. The normalized spacial score (nSPS) is 26.1. The van der Waals surface area contributed by atoms with Crippen LogP contribution in [0.25, 0.3) is 0 Å². The van der Waals surface area contributed by atoms with E-state index in [9.17, 15) is 14.3 Å². The summed E-state index contributed by atoms with van der Waals surface area (Å²) in [6.45, 7) is 0.396. The number of rotatable bonds is 4. The topological polar surface area (TPSA) is 59.0 Å². The first-order valence-electron chi connectivity index (χ1n) is 10.5. The number of nitrogens with zero attached hydrogens (tertiary/aromatic N) is 1. The van der Waals surface area contributed by atoms with Crippen molar-refractivity contribution in [3.63, 3.8) is 0 Å². The Morgan fingerprint density at radius 3 is 2.70 bits per heavy atom. The maximum atomic E-state index is 13.8. The van der Waals surface area contributed by atoms with Gasteiger partial charge < -0.3 is 19.5 Å². The van der Waals surface area contributed by atoms with Crippen LogP contribution in [0.3, 0.4) is 0 Å². The lowest BCUT2D eigenvalue weighted by Gasteiger charge is -2.52. The molecular weight excluding hydrogens is 385 g/mol. The largest absolute Gasteiger partial charge is 0.497 e. The lowest BCUT2D eigenvalue weighted by atomic mass is 9.66. The zero-order valence-corrected chi connectivity index (χ0v) is 17.4. The molecule has 6 heteroatoms. The number of ether oxygens (including phenoxy) is 2. The summed E-state index contributed by atoms with van der Waals surface area (Å²) >= 11 is 0. The molecule has 1 amide bonds. The van der Waals surface area contributed by atoms with E-state index in [1.165, 1.54) is 12.1 Å². The van der Waals surface area contributed by atoms with Gasteiger partial charge in [0.1, 0.15) is 17.3 Å². The van der Waals surface area contributed by atoms with E-state index in [1.807, 2.05) is 18.2 Å². The van der Waals surface area contributed by atoms with Crippen LogP contribution < -0.4 is 9.47 Å². The van der Waals surface area contributed by atoms with Gasteiger partial charge in [0.25, 0.3) is 5.91 Å². The van der Waals surface area contributed by atoms with Gasteiger partial charge in [-0.3, -0.25) is 4.79 Å². The molecule has 160 valence electrons. The van der Waals surface area contributed by atoms with Crippen LogP contribution in [0, 0.1) is 11.7 Å². The van der Waals surface area contributed by atoms with Gasteiger partial charge in [0.15, 0.2) is 0 Å². The minimum absolute atomic E-state index is 0.126. The molecule has 1 saturated heterocycles. The summed E-state index contributed by atoms with van der Waals surface area (Å²) in [5.74, 6) is 0.500. The Morgan fingerprint density at radius 2 is 1.97 bits per heavy atom. The highest BCUT2D eigenvalue weighted by Gasteiger charge is 2.51. The van der Waals surface area contributed by atoms with Crippen molar-refractivity contribution >= 4 is 5.91 Å². The zero-order chi connectivity index (χ0) is 21.3. The monoisotopic (exact) mass is 413 g/mol. The second kappa shape index (κ2) is 8.26. The Balaban J connectivity index is 1.82. The van der Waals surface area contributed by atoms with Gasteiger partial charge in [0.05, 0.1) is 25.9 Å². The van der Waals surface area contributed by atoms with E-state index < -0.39 is 11.4 Å². The second-order valence-electron chi connectivity index (χ2n) is 8.27. The fraction of sp³-hybridized carbons (Fsp3) is 0.458. The number of amides is 1.